The Hall–Kier alpha value is -7.43. The first-order valence-electron chi connectivity index (χ1n) is 21.8. The lowest BCUT2D eigenvalue weighted by molar-refractivity contribution is 0.890. The van der Waals surface area contributed by atoms with Gasteiger partial charge in [-0.25, -0.2) is 9.67 Å². The van der Waals surface area contributed by atoms with Crippen molar-refractivity contribution in [3.63, 3.8) is 0 Å². The summed E-state index contributed by atoms with van der Waals surface area (Å²) in [5, 5.41) is 5.28. The number of nitrogens with zero attached hydrogens (tertiary/aromatic N) is 6. The normalized spacial score (nSPS) is 14.9. The minimum Gasteiger partial charge on any atom is -0.337 e. The van der Waals surface area contributed by atoms with E-state index in [1.54, 1.807) is 11.8 Å². The van der Waals surface area contributed by atoms with Gasteiger partial charge < -0.3 is 14.7 Å². The maximum absolute atomic E-state index is 5.33. The highest BCUT2D eigenvalue weighted by Gasteiger charge is 2.27. The molecule has 0 fully saturated rings. The van der Waals surface area contributed by atoms with Crippen molar-refractivity contribution in [3.8, 4) is 28.5 Å². The fourth-order valence-corrected chi connectivity index (χ4v) is 11.7. The minimum atomic E-state index is 0.648. The van der Waals surface area contributed by atoms with E-state index in [4.69, 9.17) is 10.1 Å². The Balaban J connectivity index is 0.935. The maximum Gasteiger partial charge on any atom is 0.182 e. The Labute approximate surface area is 397 Å². The Morgan fingerprint density at radius 3 is 1.36 bits per heavy atom. The van der Waals surface area contributed by atoms with Gasteiger partial charge in [-0.1, -0.05) is 121 Å². The van der Waals surface area contributed by atoms with E-state index in [1.165, 1.54) is 42.3 Å². The molecule has 0 radical (unpaired) electrons. The average molecular weight is 905 g/mol. The molecule has 4 heterocycles. The Kier molecular flexibility index (Phi) is 10.4. The summed E-state index contributed by atoms with van der Waals surface area (Å²) in [6, 6.07) is 69.0. The molecule has 6 nitrogen and oxygen atoms in total. The van der Waals surface area contributed by atoms with Gasteiger partial charge in [-0.05, 0) is 140 Å². The average Bonchev–Trinajstić information content (AvgIpc) is 3.82. The molecule has 316 valence electrons. The van der Waals surface area contributed by atoms with E-state index in [2.05, 4.69) is 240 Å². The fourth-order valence-electron chi connectivity index (χ4n) is 8.75. The number of hydrogen-bond acceptors (Lipinski definition) is 8. The number of allylic oxidation sites excluding steroid dienone is 3. The van der Waals surface area contributed by atoms with Gasteiger partial charge in [0, 0.05) is 64.1 Å². The molecule has 0 aliphatic carbocycles. The first-order valence-corrected chi connectivity index (χ1v) is 24.2. The second-order valence-electron chi connectivity index (χ2n) is 16.0. The number of aromatic nitrogens is 3. The molecule has 9 aromatic rings. The van der Waals surface area contributed by atoms with E-state index in [-0.39, 0.29) is 0 Å². The SMILES string of the molecule is C=C1/C=C\C=C/CN(c2ccc(-c3nc(-c4ccc(N5c6ccccc6Sc6ccccc65)cc4)n(-c4ccc(N5c6ccccc6Sc6ccccc65)cc4)n3)cc2)c2ccccc2S1. The molecule has 3 aliphatic heterocycles. The molecule has 0 spiro atoms. The smallest absolute Gasteiger partial charge is 0.182 e. The molecule has 3 aliphatic rings. The monoisotopic (exact) mass is 904 g/mol. The van der Waals surface area contributed by atoms with Crippen LogP contribution in [0.3, 0.4) is 0 Å². The van der Waals surface area contributed by atoms with Gasteiger partial charge in [0.05, 0.1) is 34.1 Å². The summed E-state index contributed by atoms with van der Waals surface area (Å²) in [4.78, 5) is 19.4. The molecule has 9 heteroatoms. The molecule has 0 unspecified atom stereocenters. The maximum atomic E-state index is 5.33. The molecule has 0 N–H and O–H groups in total. The summed E-state index contributed by atoms with van der Waals surface area (Å²) in [7, 11) is 0. The molecule has 8 aromatic carbocycles. The Morgan fingerprint density at radius 2 is 0.833 bits per heavy atom. The van der Waals surface area contributed by atoms with Crippen LogP contribution in [0, 0.1) is 0 Å². The molecule has 1 aromatic heterocycles. The summed E-state index contributed by atoms with van der Waals surface area (Å²) in [5.41, 5.74) is 11.9. The van der Waals surface area contributed by atoms with Gasteiger partial charge in [0.2, 0.25) is 0 Å². The van der Waals surface area contributed by atoms with E-state index in [9.17, 15) is 0 Å². The van der Waals surface area contributed by atoms with Gasteiger partial charge in [-0.3, -0.25) is 0 Å². The van der Waals surface area contributed by atoms with Crippen LogP contribution in [-0.2, 0) is 0 Å². The first-order chi connectivity index (χ1) is 32.6. The first kappa shape index (κ1) is 40.1. The van der Waals surface area contributed by atoms with Crippen molar-refractivity contribution in [2.24, 2.45) is 0 Å². The van der Waals surface area contributed by atoms with Gasteiger partial charge in [0.15, 0.2) is 11.6 Å². The van der Waals surface area contributed by atoms with Crippen LogP contribution < -0.4 is 14.7 Å². The van der Waals surface area contributed by atoms with Crippen LogP contribution in [0.4, 0.5) is 45.5 Å². The van der Waals surface area contributed by atoms with Gasteiger partial charge in [0.1, 0.15) is 0 Å². The lowest BCUT2D eigenvalue weighted by Crippen LogP contribution is -2.17. The molecular weight excluding hydrogens is 865 g/mol. The highest BCUT2D eigenvalue weighted by Crippen LogP contribution is 2.53. The lowest BCUT2D eigenvalue weighted by atomic mass is 10.1. The number of fused-ring (bicyclic) bond motifs is 5. The van der Waals surface area contributed by atoms with E-state index in [0.717, 1.165) is 61.7 Å². The van der Waals surface area contributed by atoms with Gasteiger partial charge in [-0.2, -0.15) is 0 Å². The van der Waals surface area contributed by atoms with Crippen LogP contribution in [0.5, 0.6) is 0 Å². The number of rotatable bonds is 6. The third-order valence-electron chi connectivity index (χ3n) is 11.9. The molecule has 12 rings (SSSR count). The molecule has 0 amide bonds. The minimum absolute atomic E-state index is 0.648. The number of benzene rings is 8. The molecule has 0 atom stereocenters. The van der Waals surface area contributed by atoms with Crippen molar-refractivity contribution < 1.29 is 0 Å². The zero-order valence-electron chi connectivity index (χ0n) is 35.6. The van der Waals surface area contributed by atoms with Crippen molar-refractivity contribution in [2.45, 2.75) is 24.5 Å². The highest BCUT2D eigenvalue weighted by atomic mass is 32.2. The largest absolute Gasteiger partial charge is 0.337 e. The quantitative estimate of drug-likeness (QED) is 0.163. The van der Waals surface area contributed by atoms with Crippen molar-refractivity contribution >= 4 is 80.8 Å². The molecular formula is C57H40N6S3. The number of anilines is 8. The van der Waals surface area contributed by atoms with E-state index in [0.29, 0.717) is 5.82 Å². The number of thioether (sulfide) groups is 1. The van der Waals surface area contributed by atoms with Crippen molar-refractivity contribution in [1.29, 1.82) is 0 Å². The predicted molar refractivity (Wildman–Crippen MR) is 277 cm³/mol. The van der Waals surface area contributed by atoms with Crippen LogP contribution >= 0.6 is 35.3 Å². The molecule has 0 saturated carbocycles. The summed E-state index contributed by atoms with van der Waals surface area (Å²) in [5.74, 6) is 1.41. The van der Waals surface area contributed by atoms with Gasteiger partial charge in [-0.15, -0.1) is 5.10 Å². The third kappa shape index (κ3) is 7.41. The Bertz CT molecular complexity index is 3110. The molecule has 66 heavy (non-hydrogen) atoms. The zero-order valence-corrected chi connectivity index (χ0v) is 38.1. The third-order valence-corrected chi connectivity index (χ3v) is 15.1. The lowest BCUT2D eigenvalue weighted by Gasteiger charge is -2.33. The fraction of sp³-hybridized carbons (Fsp3) is 0.0175. The van der Waals surface area contributed by atoms with Crippen molar-refractivity contribution in [1.82, 2.24) is 14.8 Å². The van der Waals surface area contributed by atoms with E-state index >= 15 is 0 Å². The predicted octanol–water partition coefficient (Wildman–Crippen LogP) is 16.3. The van der Waals surface area contributed by atoms with Crippen LogP contribution in [0.15, 0.2) is 254 Å². The van der Waals surface area contributed by atoms with Crippen LogP contribution in [0.25, 0.3) is 28.5 Å². The zero-order chi connectivity index (χ0) is 44.0. The van der Waals surface area contributed by atoms with Crippen molar-refractivity contribution in [2.75, 3.05) is 21.2 Å². The second-order valence-corrected chi connectivity index (χ2v) is 19.3. The van der Waals surface area contributed by atoms with E-state index in [1.807, 2.05) is 28.2 Å². The summed E-state index contributed by atoms with van der Waals surface area (Å²) < 4.78 is 1.99. The topological polar surface area (TPSA) is 40.4 Å². The summed E-state index contributed by atoms with van der Waals surface area (Å²) in [6.07, 6.45) is 8.38. The van der Waals surface area contributed by atoms with Crippen LogP contribution in [-0.4, -0.2) is 21.3 Å². The second kappa shape index (κ2) is 17.2. The number of para-hydroxylation sites is 5. The van der Waals surface area contributed by atoms with Crippen LogP contribution in [0.1, 0.15) is 0 Å². The summed E-state index contributed by atoms with van der Waals surface area (Å²) >= 11 is 5.31. The van der Waals surface area contributed by atoms with Gasteiger partial charge in [0.25, 0.3) is 0 Å². The molecule has 0 saturated heterocycles. The van der Waals surface area contributed by atoms with Gasteiger partial charge >= 0.3 is 0 Å². The summed E-state index contributed by atoms with van der Waals surface area (Å²) in [6.45, 7) is 4.99. The Morgan fingerprint density at radius 1 is 0.409 bits per heavy atom. The van der Waals surface area contributed by atoms with E-state index < -0.39 is 0 Å². The van der Waals surface area contributed by atoms with Crippen molar-refractivity contribution in [3.05, 3.63) is 230 Å². The van der Waals surface area contributed by atoms with Crippen LogP contribution in [0.2, 0.25) is 0 Å². The number of hydrogen-bond donors (Lipinski definition) is 0. The highest BCUT2D eigenvalue weighted by molar-refractivity contribution is 8.03. The standard InChI is InChI=1S/C57H40N6S3/c1-39-15-3-2-14-38-60(46-16-4-9-21-51(46)64-39)42-30-26-40(27-31-42)56-58-57(41-28-32-43(33-29-41)61-47-17-5-10-22-52(47)65-53-23-11-6-18-48(53)61)63(59-56)45-36-34-44(35-37-45)62-49-19-7-12-24-54(49)66-55-25-13-8-20-50(55)62/h2-37H,1,38H2/b14-2-,15-3-. The molecule has 0 bridgehead atoms.